The van der Waals surface area contributed by atoms with E-state index in [9.17, 15) is 9.18 Å². The van der Waals surface area contributed by atoms with Crippen LogP contribution in [0.1, 0.15) is 40.2 Å². The molecule has 5 nitrogen and oxygen atoms in total. The molecule has 5 rings (SSSR count). The molecular weight excluding hydrogens is 333 g/mol. The molecule has 3 aliphatic rings. The number of halogens is 1. The molecule has 3 aliphatic heterocycles. The summed E-state index contributed by atoms with van der Waals surface area (Å²) in [6, 6.07) is 6.18. The lowest BCUT2D eigenvalue weighted by Crippen LogP contribution is -2.47. The zero-order valence-electron chi connectivity index (χ0n) is 15.2. The highest BCUT2D eigenvalue weighted by atomic mass is 19.1. The largest absolute Gasteiger partial charge is 0.361 e. The van der Waals surface area contributed by atoms with Crippen LogP contribution in [0, 0.1) is 25.6 Å². The monoisotopic (exact) mass is 357 g/mol. The molecule has 3 fully saturated rings. The van der Waals surface area contributed by atoms with Crippen molar-refractivity contribution in [3.8, 4) is 0 Å². The van der Waals surface area contributed by atoms with Crippen molar-refractivity contribution >= 4 is 5.91 Å². The van der Waals surface area contributed by atoms with Crippen LogP contribution < -0.4 is 0 Å². The lowest BCUT2D eigenvalue weighted by atomic mass is 9.94. The number of benzene rings is 1. The third-order valence-electron chi connectivity index (χ3n) is 5.68. The Morgan fingerprint density at radius 1 is 1.27 bits per heavy atom. The summed E-state index contributed by atoms with van der Waals surface area (Å²) in [7, 11) is 0. The van der Waals surface area contributed by atoms with Crippen LogP contribution in [0.4, 0.5) is 4.39 Å². The first kappa shape index (κ1) is 17.2. The minimum absolute atomic E-state index is 0.0570. The van der Waals surface area contributed by atoms with Crippen molar-refractivity contribution in [2.45, 2.75) is 39.3 Å². The van der Waals surface area contributed by atoms with Gasteiger partial charge in [-0.15, -0.1) is 0 Å². The summed E-state index contributed by atoms with van der Waals surface area (Å²) in [4.78, 5) is 17.3. The van der Waals surface area contributed by atoms with Gasteiger partial charge in [0.05, 0.1) is 5.69 Å². The van der Waals surface area contributed by atoms with Crippen molar-refractivity contribution in [2.24, 2.45) is 5.92 Å². The normalized spacial score (nSPS) is 23.3. The van der Waals surface area contributed by atoms with Crippen LogP contribution in [0.15, 0.2) is 28.8 Å². The maximum atomic E-state index is 13.5. The molecule has 0 N–H and O–H groups in total. The van der Waals surface area contributed by atoms with E-state index >= 15 is 0 Å². The van der Waals surface area contributed by atoms with Crippen molar-refractivity contribution in [2.75, 3.05) is 19.6 Å². The molecule has 138 valence electrons. The maximum Gasteiger partial charge on any atom is 0.254 e. The average molecular weight is 357 g/mol. The lowest BCUT2D eigenvalue weighted by Gasteiger charge is -2.36. The molecule has 1 aromatic heterocycles. The molecule has 2 bridgehead atoms. The van der Waals surface area contributed by atoms with E-state index in [2.05, 4.69) is 10.1 Å². The zero-order valence-corrected chi connectivity index (χ0v) is 15.2. The summed E-state index contributed by atoms with van der Waals surface area (Å²) in [5.74, 6) is 0.896. The van der Waals surface area contributed by atoms with Crippen LogP contribution in [0.3, 0.4) is 0 Å². The van der Waals surface area contributed by atoms with Crippen LogP contribution in [-0.2, 0) is 6.54 Å². The van der Waals surface area contributed by atoms with Gasteiger partial charge in [0.15, 0.2) is 0 Å². The second kappa shape index (κ2) is 6.83. The molecule has 0 saturated carbocycles. The Bertz CT molecular complexity index is 800. The van der Waals surface area contributed by atoms with Gasteiger partial charge >= 0.3 is 0 Å². The van der Waals surface area contributed by atoms with Gasteiger partial charge in [0, 0.05) is 43.3 Å². The van der Waals surface area contributed by atoms with Crippen molar-refractivity contribution in [3.63, 3.8) is 0 Å². The van der Waals surface area contributed by atoms with Crippen LogP contribution in [0.25, 0.3) is 0 Å². The van der Waals surface area contributed by atoms with E-state index in [-0.39, 0.29) is 17.8 Å². The highest BCUT2D eigenvalue weighted by molar-refractivity contribution is 5.94. The maximum absolute atomic E-state index is 13.5. The molecule has 0 radical (unpaired) electrons. The molecule has 6 heteroatoms. The third-order valence-corrected chi connectivity index (χ3v) is 5.68. The van der Waals surface area contributed by atoms with Gasteiger partial charge in [-0.05, 0) is 50.8 Å². The molecule has 1 aromatic carbocycles. The first-order valence-electron chi connectivity index (χ1n) is 9.22. The van der Waals surface area contributed by atoms with Crippen LogP contribution >= 0.6 is 0 Å². The van der Waals surface area contributed by atoms with Gasteiger partial charge < -0.3 is 9.42 Å². The first-order valence-corrected chi connectivity index (χ1v) is 9.22. The first-order chi connectivity index (χ1) is 12.5. The fourth-order valence-corrected chi connectivity index (χ4v) is 4.30. The second-order valence-corrected chi connectivity index (χ2v) is 7.56. The second-order valence-electron chi connectivity index (χ2n) is 7.56. The molecular formula is C20H24FN3O2. The van der Waals surface area contributed by atoms with Gasteiger partial charge in [-0.1, -0.05) is 11.2 Å². The standard InChI is InChI=1S/C20H24FN3O2/c1-13-19(14(2)26-22-13)12-23-9-15-6-7-18(11-23)24(10-15)20(25)16-4-3-5-17(21)8-16/h3-5,8,15,18H,6-7,9-12H2,1-2H3/t15-,18+/m1/s1. The van der Waals surface area contributed by atoms with E-state index in [1.165, 1.54) is 12.1 Å². The number of carbonyl (C=O) groups is 1. The molecule has 3 saturated heterocycles. The Labute approximate surface area is 152 Å². The minimum Gasteiger partial charge on any atom is -0.361 e. The van der Waals surface area contributed by atoms with Gasteiger partial charge in [0.25, 0.3) is 5.91 Å². The molecule has 2 atom stereocenters. The van der Waals surface area contributed by atoms with Crippen LogP contribution in [0.5, 0.6) is 0 Å². The van der Waals surface area contributed by atoms with E-state index in [4.69, 9.17) is 4.52 Å². The SMILES string of the molecule is Cc1noc(C)c1CN1C[C@H]2CC[C@@H](C1)N(C(=O)c1cccc(F)c1)C2. The number of piperidine rings is 1. The fraction of sp³-hybridized carbons (Fsp3) is 0.500. The van der Waals surface area contributed by atoms with Crippen molar-refractivity contribution in [1.29, 1.82) is 0 Å². The van der Waals surface area contributed by atoms with Crippen molar-refractivity contribution in [1.82, 2.24) is 15.0 Å². The number of hydrogen-bond acceptors (Lipinski definition) is 4. The predicted molar refractivity (Wildman–Crippen MR) is 95.2 cm³/mol. The molecule has 4 heterocycles. The number of carbonyl (C=O) groups excluding carboxylic acids is 1. The topological polar surface area (TPSA) is 49.6 Å². The number of aromatic nitrogens is 1. The molecule has 0 unspecified atom stereocenters. The molecule has 0 spiro atoms. The zero-order chi connectivity index (χ0) is 18.3. The Kier molecular flexibility index (Phi) is 4.53. The number of nitrogens with zero attached hydrogens (tertiary/aromatic N) is 3. The van der Waals surface area contributed by atoms with Gasteiger partial charge in [0.2, 0.25) is 0 Å². The average Bonchev–Trinajstić information content (AvgIpc) is 2.81. The number of amides is 1. The predicted octanol–water partition coefficient (Wildman–Crippen LogP) is 3.17. The molecule has 1 amide bonds. The van der Waals surface area contributed by atoms with Gasteiger partial charge in [-0.2, -0.15) is 0 Å². The van der Waals surface area contributed by atoms with E-state index < -0.39 is 0 Å². The Hall–Kier alpha value is -2.21. The van der Waals surface area contributed by atoms with Crippen LogP contribution in [0.2, 0.25) is 0 Å². The summed E-state index contributed by atoms with van der Waals surface area (Å²) < 4.78 is 18.8. The smallest absolute Gasteiger partial charge is 0.254 e. The summed E-state index contributed by atoms with van der Waals surface area (Å²) in [5.41, 5.74) is 2.52. The molecule has 2 aromatic rings. The summed E-state index contributed by atoms with van der Waals surface area (Å²) >= 11 is 0. The van der Waals surface area contributed by atoms with Gasteiger partial charge in [-0.25, -0.2) is 4.39 Å². The van der Waals surface area contributed by atoms with Gasteiger partial charge in [-0.3, -0.25) is 9.69 Å². The minimum atomic E-state index is -0.365. The molecule has 0 aliphatic carbocycles. The quantitative estimate of drug-likeness (QED) is 0.847. The number of aryl methyl sites for hydroxylation is 2. The van der Waals surface area contributed by atoms with E-state index in [1.54, 1.807) is 12.1 Å². The third kappa shape index (κ3) is 3.26. The van der Waals surface area contributed by atoms with Crippen molar-refractivity contribution < 1.29 is 13.7 Å². The lowest BCUT2D eigenvalue weighted by molar-refractivity contribution is 0.0584. The number of fused-ring (bicyclic) bond motifs is 4. The Morgan fingerprint density at radius 3 is 2.85 bits per heavy atom. The summed E-state index contributed by atoms with van der Waals surface area (Å²) in [6.07, 6.45) is 2.14. The van der Waals surface area contributed by atoms with E-state index in [0.717, 1.165) is 56.0 Å². The van der Waals surface area contributed by atoms with E-state index in [0.29, 0.717) is 11.5 Å². The van der Waals surface area contributed by atoms with Gasteiger partial charge in [0.1, 0.15) is 11.6 Å². The summed E-state index contributed by atoms with van der Waals surface area (Å²) in [6.45, 7) is 7.27. The number of rotatable bonds is 3. The Balaban J connectivity index is 1.52. The number of hydrogen-bond donors (Lipinski definition) is 0. The highest BCUT2D eigenvalue weighted by Crippen LogP contribution is 2.30. The fourth-order valence-electron chi connectivity index (χ4n) is 4.30. The van der Waals surface area contributed by atoms with Crippen LogP contribution in [-0.4, -0.2) is 46.5 Å². The molecule has 26 heavy (non-hydrogen) atoms. The van der Waals surface area contributed by atoms with Crippen molar-refractivity contribution in [3.05, 3.63) is 52.7 Å². The van der Waals surface area contributed by atoms with E-state index in [1.807, 2.05) is 18.7 Å². The highest BCUT2D eigenvalue weighted by Gasteiger charge is 2.37. The Morgan fingerprint density at radius 2 is 2.12 bits per heavy atom. The summed E-state index contributed by atoms with van der Waals surface area (Å²) in [5, 5.41) is 4.05.